The molecule has 1 aromatic carbocycles. The zero-order valence-corrected chi connectivity index (χ0v) is 10.2. The second kappa shape index (κ2) is 4.97. The number of aromatic hydroxyl groups is 1. The first kappa shape index (κ1) is 11.6. The van der Waals surface area contributed by atoms with Gasteiger partial charge in [-0.25, -0.2) is 9.78 Å². The Morgan fingerprint density at radius 1 is 1.29 bits per heavy atom. The molecule has 0 unspecified atom stereocenters. The molecule has 2 aromatic rings. The molecule has 1 N–H and O–H groups in total. The molecular formula is C12H8BrNO3. The van der Waals surface area contributed by atoms with Crippen LogP contribution in [0.15, 0.2) is 47.1 Å². The van der Waals surface area contributed by atoms with E-state index in [1.165, 1.54) is 12.3 Å². The lowest BCUT2D eigenvalue weighted by Crippen LogP contribution is -2.08. The summed E-state index contributed by atoms with van der Waals surface area (Å²) < 4.78 is 5.45. The maximum absolute atomic E-state index is 11.7. The van der Waals surface area contributed by atoms with E-state index in [-0.39, 0.29) is 11.6 Å². The van der Waals surface area contributed by atoms with Gasteiger partial charge in [-0.05, 0) is 28.1 Å². The number of halogens is 1. The first-order chi connectivity index (χ1) is 8.16. The number of ether oxygens (including phenoxy) is 1. The minimum Gasteiger partial charge on any atom is -0.507 e. The van der Waals surface area contributed by atoms with Gasteiger partial charge in [0.25, 0.3) is 0 Å². The Balaban J connectivity index is 2.16. The molecule has 1 aromatic heterocycles. The van der Waals surface area contributed by atoms with Crippen molar-refractivity contribution in [1.82, 2.24) is 4.98 Å². The number of benzene rings is 1. The van der Waals surface area contributed by atoms with Gasteiger partial charge >= 0.3 is 5.97 Å². The van der Waals surface area contributed by atoms with Crippen molar-refractivity contribution in [3.8, 4) is 11.6 Å². The predicted octanol–water partition coefficient (Wildman–Crippen LogP) is 2.77. The highest BCUT2D eigenvalue weighted by atomic mass is 79.9. The van der Waals surface area contributed by atoms with E-state index in [1.54, 1.807) is 30.3 Å². The Morgan fingerprint density at radius 3 is 2.65 bits per heavy atom. The highest BCUT2D eigenvalue weighted by Gasteiger charge is 2.10. The summed E-state index contributed by atoms with van der Waals surface area (Å²) in [7, 11) is 0. The van der Waals surface area contributed by atoms with Gasteiger partial charge in [0, 0.05) is 12.3 Å². The standard InChI is InChI=1S/C12H8BrNO3/c13-9-7-14-11(6-10(9)15)17-12(16)8-4-2-1-3-5-8/h1-7H,(H,14,15). The quantitative estimate of drug-likeness (QED) is 0.865. The normalized spacial score (nSPS) is 9.94. The van der Waals surface area contributed by atoms with Gasteiger partial charge < -0.3 is 9.84 Å². The third kappa shape index (κ3) is 2.82. The fraction of sp³-hybridized carbons (Fsp3) is 0. The van der Waals surface area contributed by atoms with Crippen molar-refractivity contribution in [2.24, 2.45) is 0 Å². The van der Waals surface area contributed by atoms with E-state index in [0.717, 1.165) is 0 Å². The van der Waals surface area contributed by atoms with Crippen LogP contribution in [-0.4, -0.2) is 16.1 Å². The zero-order chi connectivity index (χ0) is 12.3. The van der Waals surface area contributed by atoms with Crippen molar-refractivity contribution < 1.29 is 14.6 Å². The molecule has 0 radical (unpaired) electrons. The molecule has 0 fully saturated rings. The van der Waals surface area contributed by atoms with Gasteiger partial charge in [0.2, 0.25) is 5.88 Å². The fourth-order valence-corrected chi connectivity index (χ4v) is 1.41. The van der Waals surface area contributed by atoms with E-state index in [4.69, 9.17) is 4.74 Å². The van der Waals surface area contributed by atoms with Crippen LogP contribution in [0.25, 0.3) is 0 Å². The zero-order valence-electron chi connectivity index (χ0n) is 8.63. The van der Waals surface area contributed by atoms with Gasteiger partial charge in [-0.15, -0.1) is 0 Å². The molecule has 1 heterocycles. The number of nitrogens with zero attached hydrogens (tertiary/aromatic N) is 1. The van der Waals surface area contributed by atoms with Gasteiger partial charge in [-0.2, -0.15) is 0 Å². The summed E-state index contributed by atoms with van der Waals surface area (Å²) in [6.45, 7) is 0. The number of esters is 1. The molecule has 0 aliphatic heterocycles. The van der Waals surface area contributed by atoms with Crippen LogP contribution in [0.5, 0.6) is 11.6 Å². The highest BCUT2D eigenvalue weighted by molar-refractivity contribution is 9.10. The van der Waals surface area contributed by atoms with Gasteiger partial charge in [-0.3, -0.25) is 0 Å². The monoisotopic (exact) mass is 293 g/mol. The molecule has 5 heteroatoms. The number of rotatable bonds is 2. The summed E-state index contributed by atoms with van der Waals surface area (Å²) in [6.07, 6.45) is 1.36. The van der Waals surface area contributed by atoms with Crippen molar-refractivity contribution in [3.05, 3.63) is 52.6 Å². The number of carbonyl (C=O) groups is 1. The summed E-state index contributed by atoms with van der Waals surface area (Å²) in [4.78, 5) is 15.5. The molecule has 0 amide bonds. The maximum Gasteiger partial charge on any atom is 0.344 e. The second-order valence-electron chi connectivity index (χ2n) is 3.23. The van der Waals surface area contributed by atoms with Crippen molar-refractivity contribution in [1.29, 1.82) is 0 Å². The summed E-state index contributed by atoms with van der Waals surface area (Å²) in [5.41, 5.74) is 0.428. The maximum atomic E-state index is 11.7. The van der Waals surface area contributed by atoms with Crippen LogP contribution in [-0.2, 0) is 0 Å². The van der Waals surface area contributed by atoms with Gasteiger partial charge in [0.05, 0.1) is 10.0 Å². The van der Waals surface area contributed by atoms with Crippen LogP contribution in [0.4, 0.5) is 0 Å². The minimum absolute atomic E-state index is 0.0316. The lowest BCUT2D eigenvalue weighted by Gasteiger charge is -2.04. The van der Waals surface area contributed by atoms with Crippen LogP contribution < -0.4 is 4.74 Å². The molecule has 0 saturated carbocycles. The lowest BCUT2D eigenvalue weighted by molar-refractivity contribution is 0.0727. The number of aromatic nitrogens is 1. The van der Waals surface area contributed by atoms with Crippen LogP contribution in [0, 0.1) is 0 Å². The summed E-state index contributed by atoms with van der Waals surface area (Å²) in [6, 6.07) is 9.83. The molecular weight excluding hydrogens is 286 g/mol. The number of hydrogen-bond donors (Lipinski definition) is 1. The topological polar surface area (TPSA) is 59.4 Å². The van der Waals surface area contributed by atoms with E-state index in [9.17, 15) is 9.90 Å². The summed E-state index contributed by atoms with van der Waals surface area (Å²) in [5, 5.41) is 9.41. The van der Waals surface area contributed by atoms with Gasteiger partial charge in [-0.1, -0.05) is 18.2 Å². The Morgan fingerprint density at radius 2 is 2.00 bits per heavy atom. The summed E-state index contributed by atoms with van der Waals surface area (Å²) >= 11 is 3.09. The first-order valence-electron chi connectivity index (χ1n) is 4.78. The van der Waals surface area contributed by atoms with E-state index in [2.05, 4.69) is 20.9 Å². The average molecular weight is 294 g/mol. The predicted molar refractivity (Wildman–Crippen MR) is 65.0 cm³/mol. The van der Waals surface area contributed by atoms with Crippen molar-refractivity contribution in [2.75, 3.05) is 0 Å². The van der Waals surface area contributed by atoms with E-state index >= 15 is 0 Å². The smallest absolute Gasteiger partial charge is 0.344 e. The Labute approximate surface area is 106 Å². The van der Waals surface area contributed by atoms with Gasteiger partial charge in [0.15, 0.2) is 0 Å². The third-order valence-electron chi connectivity index (χ3n) is 2.02. The molecule has 0 spiro atoms. The third-order valence-corrected chi connectivity index (χ3v) is 2.63. The van der Waals surface area contributed by atoms with Gasteiger partial charge in [0.1, 0.15) is 5.75 Å². The molecule has 17 heavy (non-hydrogen) atoms. The van der Waals surface area contributed by atoms with Crippen LogP contribution in [0.1, 0.15) is 10.4 Å². The number of hydrogen-bond acceptors (Lipinski definition) is 4. The van der Waals surface area contributed by atoms with E-state index in [1.807, 2.05) is 0 Å². The minimum atomic E-state index is -0.514. The van der Waals surface area contributed by atoms with Crippen LogP contribution >= 0.6 is 15.9 Å². The van der Waals surface area contributed by atoms with E-state index < -0.39 is 5.97 Å². The molecule has 0 bridgehead atoms. The first-order valence-corrected chi connectivity index (χ1v) is 5.58. The Hall–Kier alpha value is -1.88. The molecule has 86 valence electrons. The average Bonchev–Trinajstić information content (AvgIpc) is 2.35. The van der Waals surface area contributed by atoms with Crippen molar-refractivity contribution in [2.45, 2.75) is 0 Å². The van der Waals surface area contributed by atoms with Crippen LogP contribution in [0.2, 0.25) is 0 Å². The molecule has 0 atom stereocenters. The largest absolute Gasteiger partial charge is 0.507 e. The summed E-state index contributed by atoms with van der Waals surface area (Å²) in [5.74, 6) is -0.491. The SMILES string of the molecule is O=C(Oc1cc(O)c(Br)cn1)c1ccccc1. The molecule has 4 nitrogen and oxygen atoms in total. The Kier molecular flexibility index (Phi) is 3.39. The Bertz CT molecular complexity index is 543. The molecule has 0 aliphatic rings. The molecule has 2 rings (SSSR count). The molecule has 0 aliphatic carbocycles. The van der Waals surface area contributed by atoms with Crippen molar-refractivity contribution >= 4 is 21.9 Å². The fourth-order valence-electron chi connectivity index (χ4n) is 1.19. The number of carbonyl (C=O) groups excluding carboxylic acids is 1. The van der Waals surface area contributed by atoms with Crippen LogP contribution in [0.3, 0.4) is 0 Å². The highest BCUT2D eigenvalue weighted by Crippen LogP contribution is 2.25. The van der Waals surface area contributed by atoms with E-state index in [0.29, 0.717) is 10.0 Å². The number of pyridine rings is 1. The lowest BCUT2D eigenvalue weighted by atomic mass is 10.2. The van der Waals surface area contributed by atoms with Crippen molar-refractivity contribution in [3.63, 3.8) is 0 Å². The second-order valence-corrected chi connectivity index (χ2v) is 4.08. The molecule has 0 saturated heterocycles.